The monoisotopic (exact) mass is 129 g/mol. The van der Waals surface area contributed by atoms with Gasteiger partial charge in [0.05, 0.1) is 0 Å². The molecule has 0 aromatic carbocycles. The third-order valence-corrected chi connectivity index (χ3v) is 1.41. The van der Waals surface area contributed by atoms with Gasteiger partial charge in [-0.1, -0.05) is 0 Å². The summed E-state index contributed by atoms with van der Waals surface area (Å²) in [6.07, 6.45) is 0. The Kier molecular flexibility index (Phi) is 1.57. The van der Waals surface area contributed by atoms with Crippen molar-refractivity contribution in [3.63, 3.8) is 0 Å². The second kappa shape index (κ2) is 2.23. The summed E-state index contributed by atoms with van der Waals surface area (Å²) in [6.45, 7) is 1.64. The molecule has 0 aliphatic carbocycles. The van der Waals surface area contributed by atoms with Crippen LogP contribution in [-0.4, -0.2) is 43.1 Å². The SMILES string of the molecule is CN1CCNN(C)C1=O. The van der Waals surface area contributed by atoms with E-state index in [0.717, 1.165) is 13.1 Å². The van der Waals surface area contributed by atoms with Gasteiger partial charge in [-0.25, -0.2) is 10.2 Å². The number of carbonyl (C=O) groups is 1. The number of nitrogens with zero attached hydrogens (tertiary/aromatic N) is 2. The Labute approximate surface area is 54.4 Å². The van der Waals surface area contributed by atoms with Crippen LogP contribution in [0.4, 0.5) is 4.79 Å². The summed E-state index contributed by atoms with van der Waals surface area (Å²) in [7, 11) is 3.51. The third kappa shape index (κ3) is 1.13. The van der Waals surface area contributed by atoms with Gasteiger partial charge < -0.3 is 4.90 Å². The van der Waals surface area contributed by atoms with Crippen molar-refractivity contribution in [2.24, 2.45) is 0 Å². The molecule has 1 fully saturated rings. The van der Waals surface area contributed by atoms with Gasteiger partial charge >= 0.3 is 6.03 Å². The molecule has 0 aromatic rings. The molecule has 4 heteroatoms. The van der Waals surface area contributed by atoms with Gasteiger partial charge in [0.15, 0.2) is 0 Å². The fraction of sp³-hybridized carbons (Fsp3) is 0.800. The minimum Gasteiger partial charge on any atom is -0.325 e. The number of nitrogens with one attached hydrogen (secondary N) is 1. The first-order valence-corrected chi connectivity index (χ1v) is 2.94. The smallest absolute Gasteiger partial charge is 0.325 e. The Balaban J connectivity index is 2.52. The Morgan fingerprint density at radius 1 is 1.56 bits per heavy atom. The van der Waals surface area contributed by atoms with Gasteiger partial charge in [-0.05, 0) is 0 Å². The van der Waals surface area contributed by atoms with Crippen LogP contribution < -0.4 is 5.43 Å². The Hall–Kier alpha value is -0.770. The van der Waals surface area contributed by atoms with Gasteiger partial charge in [0, 0.05) is 27.2 Å². The number of hydrogen-bond donors (Lipinski definition) is 1. The third-order valence-electron chi connectivity index (χ3n) is 1.41. The van der Waals surface area contributed by atoms with Crippen LogP contribution in [-0.2, 0) is 0 Å². The average Bonchev–Trinajstić information content (AvgIpc) is 1.83. The molecule has 1 aliphatic rings. The Morgan fingerprint density at radius 3 is 2.67 bits per heavy atom. The van der Waals surface area contributed by atoms with Crippen molar-refractivity contribution in [3.05, 3.63) is 0 Å². The van der Waals surface area contributed by atoms with Crippen LogP contribution in [0.25, 0.3) is 0 Å². The molecule has 0 bridgehead atoms. The number of likely N-dealkylation sites (N-methyl/N-ethyl adjacent to an activating group) is 1. The first kappa shape index (κ1) is 6.35. The second-order valence-corrected chi connectivity index (χ2v) is 2.17. The lowest BCUT2D eigenvalue weighted by atomic mass is 10.5. The topological polar surface area (TPSA) is 35.6 Å². The predicted molar refractivity (Wildman–Crippen MR) is 33.8 cm³/mol. The van der Waals surface area contributed by atoms with E-state index in [1.54, 1.807) is 19.0 Å². The maximum atomic E-state index is 10.9. The van der Waals surface area contributed by atoms with Crippen LogP contribution in [0.15, 0.2) is 0 Å². The number of carbonyl (C=O) groups excluding carboxylic acids is 1. The van der Waals surface area contributed by atoms with E-state index >= 15 is 0 Å². The molecule has 4 nitrogen and oxygen atoms in total. The van der Waals surface area contributed by atoms with E-state index in [0.29, 0.717) is 0 Å². The molecule has 0 radical (unpaired) electrons. The highest BCUT2D eigenvalue weighted by Crippen LogP contribution is 1.94. The van der Waals surface area contributed by atoms with Gasteiger partial charge in [-0.15, -0.1) is 0 Å². The normalized spacial score (nSPS) is 20.9. The Morgan fingerprint density at radius 2 is 2.22 bits per heavy atom. The molecular weight excluding hydrogens is 118 g/mol. The van der Waals surface area contributed by atoms with Crippen LogP contribution in [0.1, 0.15) is 0 Å². The van der Waals surface area contributed by atoms with Crippen LogP contribution in [0.3, 0.4) is 0 Å². The zero-order valence-corrected chi connectivity index (χ0v) is 5.72. The lowest BCUT2D eigenvalue weighted by molar-refractivity contribution is 0.128. The van der Waals surface area contributed by atoms with Crippen molar-refractivity contribution in [1.29, 1.82) is 0 Å². The Bertz CT molecular complexity index is 113. The van der Waals surface area contributed by atoms with E-state index in [4.69, 9.17) is 0 Å². The summed E-state index contributed by atoms with van der Waals surface area (Å²) in [5.74, 6) is 0. The summed E-state index contributed by atoms with van der Waals surface area (Å²) in [6, 6.07) is 0.0289. The molecule has 1 rings (SSSR count). The maximum absolute atomic E-state index is 10.9. The van der Waals surface area contributed by atoms with Crippen LogP contribution in [0.5, 0.6) is 0 Å². The molecular formula is C5H11N3O. The van der Waals surface area contributed by atoms with Crippen LogP contribution >= 0.6 is 0 Å². The molecule has 9 heavy (non-hydrogen) atoms. The molecule has 52 valence electrons. The summed E-state index contributed by atoms with van der Waals surface area (Å²) >= 11 is 0. The van der Waals surface area contributed by atoms with Crippen molar-refractivity contribution in [2.75, 3.05) is 27.2 Å². The lowest BCUT2D eigenvalue weighted by Crippen LogP contribution is -2.54. The quantitative estimate of drug-likeness (QED) is 0.478. The lowest BCUT2D eigenvalue weighted by Gasteiger charge is -2.30. The fourth-order valence-electron chi connectivity index (χ4n) is 0.805. The molecule has 2 amide bonds. The molecule has 1 N–H and O–H groups in total. The van der Waals surface area contributed by atoms with Crippen molar-refractivity contribution in [1.82, 2.24) is 15.3 Å². The minimum atomic E-state index is 0.0289. The molecule has 1 heterocycles. The van der Waals surface area contributed by atoms with E-state index in [-0.39, 0.29) is 6.03 Å². The largest absolute Gasteiger partial charge is 0.333 e. The van der Waals surface area contributed by atoms with E-state index in [1.807, 2.05) is 0 Å². The van der Waals surface area contributed by atoms with Gasteiger partial charge in [-0.2, -0.15) is 0 Å². The van der Waals surface area contributed by atoms with Crippen molar-refractivity contribution in [2.45, 2.75) is 0 Å². The standard InChI is InChI=1S/C5H11N3O/c1-7-4-3-6-8(2)5(7)9/h6H,3-4H2,1-2H3. The molecule has 1 aliphatic heterocycles. The highest BCUT2D eigenvalue weighted by atomic mass is 16.2. The van der Waals surface area contributed by atoms with Crippen molar-refractivity contribution in [3.8, 4) is 0 Å². The zero-order chi connectivity index (χ0) is 6.85. The highest BCUT2D eigenvalue weighted by Gasteiger charge is 2.17. The van der Waals surface area contributed by atoms with Gasteiger partial charge in [0.2, 0.25) is 0 Å². The van der Waals surface area contributed by atoms with Crippen LogP contribution in [0.2, 0.25) is 0 Å². The van der Waals surface area contributed by atoms with E-state index < -0.39 is 0 Å². The zero-order valence-electron chi connectivity index (χ0n) is 5.72. The van der Waals surface area contributed by atoms with Gasteiger partial charge in [-0.3, -0.25) is 5.01 Å². The molecule has 1 saturated heterocycles. The summed E-state index contributed by atoms with van der Waals surface area (Å²) in [5, 5.41) is 1.49. The maximum Gasteiger partial charge on any atom is 0.333 e. The average molecular weight is 129 g/mol. The number of hydrogen-bond acceptors (Lipinski definition) is 2. The summed E-state index contributed by atoms with van der Waals surface area (Å²) in [5.41, 5.74) is 2.90. The fourth-order valence-corrected chi connectivity index (χ4v) is 0.805. The van der Waals surface area contributed by atoms with Crippen LogP contribution in [0, 0.1) is 0 Å². The molecule has 0 unspecified atom stereocenters. The second-order valence-electron chi connectivity index (χ2n) is 2.17. The summed E-state index contributed by atoms with van der Waals surface area (Å²) in [4.78, 5) is 12.6. The van der Waals surface area contributed by atoms with Gasteiger partial charge in [0.25, 0.3) is 0 Å². The van der Waals surface area contributed by atoms with E-state index in [1.165, 1.54) is 5.01 Å². The minimum absolute atomic E-state index is 0.0289. The molecule has 0 aromatic heterocycles. The number of urea groups is 1. The number of hydrazine groups is 1. The van der Waals surface area contributed by atoms with Gasteiger partial charge in [0.1, 0.15) is 0 Å². The van der Waals surface area contributed by atoms with E-state index in [2.05, 4.69) is 5.43 Å². The summed E-state index contributed by atoms with van der Waals surface area (Å²) < 4.78 is 0. The van der Waals surface area contributed by atoms with Crippen molar-refractivity contribution >= 4 is 6.03 Å². The van der Waals surface area contributed by atoms with E-state index in [9.17, 15) is 4.79 Å². The van der Waals surface area contributed by atoms with Crippen molar-refractivity contribution < 1.29 is 4.79 Å². The first-order chi connectivity index (χ1) is 4.22. The highest BCUT2D eigenvalue weighted by molar-refractivity contribution is 5.73. The molecule has 0 saturated carbocycles. The molecule has 0 atom stereocenters. The number of rotatable bonds is 0. The first-order valence-electron chi connectivity index (χ1n) is 2.94. The number of amides is 2. The predicted octanol–water partition coefficient (Wildman–Crippen LogP) is -0.512. The molecule has 0 spiro atoms.